The van der Waals surface area contributed by atoms with Gasteiger partial charge in [0, 0.05) is 36.0 Å². The summed E-state index contributed by atoms with van der Waals surface area (Å²) in [6.07, 6.45) is 5.04. The van der Waals surface area contributed by atoms with Crippen LogP contribution in [0.3, 0.4) is 0 Å². The number of aromatic nitrogens is 3. The molecular weight excluding hydrogens is 361 g/mol. The van der Waals surface area contributed by atoms with Crippen LogP contribution in [0.1, 0.15) is 5.56 Å². The highest BCUT2D eigenvalue weighted by Crippen LogP contribution is 2.26. The fraction of sp³-hybridized carbons (Fsp3) is 0.125. The van der Waals surface area contributed by atoms with Gasteiger partial charge in [-0.15, -0.1) is 12.6 Å². The number of fused-ring (bicyclic) bond motifs is 1. The summed E-state index contributed by atoms with van der Waals surface area (Å²) in [7, 11) is 1.81. The van der Waals surface area contributed by atoms with Crippen LogP contribution in [0, 0.1) is 5.82 Å². The van der Waals surface area contributed by atoms with E-state index in [-0.39, 0.29) is 16.3 Å². The number of carbonyl (C=O) groups excluding carboxylic acids is 1. The molecule has 3 rings (SSSR count). The summed E-state index contributed by atoms with van der Waals surface area (Å²) in [6, 6.07) is 4.94. The fourth-order valence-electron chi connectivity index (χ4n) is 2.41. The maximum atomic E-state index is 14.8. The molecule has 0 atom stereocenters. The van der Waals surface area contributed by atoms with Crippen LogP contribution < -0.4 is 10.9 Å². The summed E-state index contributed by atoms with van der Waals surface area (Å²) in [5.41, 5.74) is 7.13. The lowest BCUT2D eigenvalue weighted by Gasteiger charge is -2.09. The third-order valence-corrected chi connectivity index (χ3v) is 3.79. The van der Waals surface area contributed by atoms with Crippen molar-refractivity contribution in [2.75, 3.05) is 0 Å². The fourth-order valence-corrected chi connectivity index (χ4v) is 2.52. The summed E-state index contributed by atoms with van der Waals surface area (Å²) in [6.45, 7) is 0. The van der Waals surface area contributed by atoms with Crippen LogP contribution in [0.2, 0.25) is 0 Å². The Bertz CT molecular complexity index is 972. The molecule has 6 nitrogen and oxygen atoms in total. The average Bonchev–Trinajstić information content (AvgIpc) is 3.02. The van der Waals surface area contributed by atoms with E-state index in [1.54, 1.807) is 42.3 Å². The monoisotopic (exact) mass is 375 g/mol. The number of hydrogen-bond acceptors (Lipinski definition) is 4. The Morgan fingerprint density at radius 2 is 2.12 bits per heavy atom. The molecule has 2 heterocycles. The molecule has 2 aromatic heterocycles. The molecule has 0 saturated heterocycles. The molecule has 0 bridgehead atoms. The van der Waals surface area contributed by atoms with Crippen LogP contribution in [0.5, 0.6) is 0 Å². The van der Waals surface area contributed by atoms with E-state index < -0.39 is 11.7 Å². The molecule has 0 aliphatic rings. The Hall–Kier alpha value is -2.52. The number of nitrogens with one attached hydrogen (secondary N) is 2. The third-order valence-electron chi connectivity index (χ3n) is 3.58. The Morgan fingerprint density at radius 1 is 1.32 bits per heavy atom. The van der Waals surface area contributed by atoms with Crippen molar-refractivity contribution in [2.45, 2.75) is 6.42 Å². The Morgan fingerprint density at radius 3 is 2.80 bits per heavy atom. The van der Waals surface area contributed by atoms with Crippen molar-refractivity contribution in [1.82, 2.24) is 25.6 Å². The zero-order chi connectivity index (χ0) is 18.0. The predicted octanol–water partition coefficient (Wildman–Crippen LogP) is 2.15. The molecule has 0 unspecified atom stereocenters. The van der Waals surface area contributed by atoms with Crippen LogP contribution in [0.4, 0.5) is 4.39 Å². The summed E-state index contributed by atoms with van der Waals surface area (Å²) >= 11 is 8.51. The highest BCUT2D eigenvalue weighted by atomic mass is 32.1. The number of halogens is 1. The molecule has 9 heteroatoms. The molecule has 0 fully saturated rings. The van der Waals surface area contributed by atoms with Gasteiger partial charge < -0.3 is 0 Å². The number of thiocarbonyl (C=S) groups is 1. The van der Waals surface area contributed by atoms with Crippen molar-refractivity contribution in [3.63, 3.8) is 0 Å². The van der Waals surface area contributed by atoms with Crippen LogP contribution >= 0.6 is 24.8 Å². The number of hydrogen-bond donors (Lipinski definition) is 3. The van der Waals surface area contributed by atoms with Gasteiger partial charge in [-0.25, -0.2) is 4.39 Å². The Balaban J connectivity index is 1.92. The highest BCUT2D eigenvalue weighted by Gasteiger charge is 2.13. The second kappa shape index (κ2) is 7.16. The minimum atomic E-state index is -0.473. The van der Waals surface area contributed by atoms with E-state index in [2.05, 4.69) is 45.8 Å². The Labute approximate surface area is 153 Å². The first-order valence-corrected chi connectivity index (χ1v) is 8.13. The van der Waals surface area contributed by atoms with E-state index in [1.165, 1.54) is 0 Å². The van der Waals surface area contributed by atoms with Gasteiger partial charge in [-0.2, -0.15) is 5.10 Å². The smallest absolute Gasteiger partial charge is 0.242 e. The van der Waals surface area contributed by atoms with E-state index in [4.69, 9.17) is 0 Å². The number of pyridine rings is 1. The molecular formula is C16H14FN5OS2. The van der Waals surface area contributed by atoms with Crippen molar-refractivity contribution < 1.29 is 9.18 Å². The second-order valence-corrected chi connectivity index (χ2v) is 6.55. The molecule has 0 spiro atoms. The minimum absolute atomic E-state index is 0.123. The van der Waals surface area contributed by atoms with Gasteiger partial charge in [0.1, 0.15) is 10.1 Å². The number of nitrogens with zero attached hydrogens (tertiary/aromatic N) is 3. The second-order valence-electron chi connectivity index (χ2n) is 5.39. The van der Waals surface area contributed by atoms with Gasteiger partial charge in [-0.1, -0.05) is 18.3 Å². The number of amides is 1. The number of aryl methyl sites for hydroxylation is 1. The number of rotatable bonds is 3. The van der Waals surface area contributed by atoms with Crippen molar-refractivity contribution in [3.8, 4) is 11.1 Å². The minimum Gasteiger partial charge on any atom is -0.283 e. The molecule has 1 aromatic carbocycles. The van der Waals surface area contributed by atoms with E-state index in [1.807, 2.05) is 6.20 Å². The first kappa shape index (κ1) is 17.3. The van der Waals surface area contributed by atoms with E-state index in [0.717, 1.165) is 11.1 Å². The van der Waals surface area contributed by atoms with Gasteiger partial charge in [0.15, 0.2) is 0 Å². The highest BCUT2D eigenvalue weighted by molar-refractivity contribution is 8.11. The largest absolute Gasteiger partial charge is 0.283 e. The SMILES string of the molecule is Cn1cc(-c2cnc3ccc(CC(=O)NNC(=S)S)c(F)c3c2)cn1. The summed E-state index contributed by atoms with van der Waals surface area (Å²) in [5, 5.41) is 4.46. The normalized spacial score (nSPS) is 10.7. The number of carbonyl (C=O) groups is 1. The number of benzene rings is 1. The van der Waals surface area contributed by atoms with Gasteiger partial charge in [-0.05, 0) is 17.7 Å². The molecule has 128 valence electrons. The first-order chi connectivity index (χ1) is 11.9. The number of hydrazine groups is 1. The molecule has 0 saturated carbocycles. The molecule has 2 N–H and O–H groups in total. The zero-order valence-corrected chi connectivity index (χ0v) is 14.9. The zero-order valence-electron chi connectivity index (χ0n) is 13.2. The van der Waals surface area contributed by atoms with Gasteiger partial charge in [-0.3, -0.25) is 25.3 Å². The lowest BCUT2D eigenvalue weighted by Crippen LogP contribution is -2.39. The van der Waals surface area contributed by atoms with Gasteiger partial charge >= 0.3 is 0 Å². The lowest BCUT2D eigenvalue weighted by molar-refractivity contribution is -0.121. The predicted molar refractivity (Wildman–Crippen MR) is 100 cm³/mol. The Kier molecular flexibility index (Phi) is 4.95. The topological polar surface area (TPSA) is 71.8 Å². The van der Waals surface area contributed by atoms with Crippen molar-refractivity contribution in [1.29, 1.82) is 0 Å². The average molecular weight is 375 g/mol. The van der Waals surface area contributed by atoms with Crippen molar-refractivity contribution >= 4 is 46.0 Å². The maximum Gasteiger partial charge on any atom is 0.242 e. The quantitative estimate of drug-likeness (QED) is 0.372. The van der Waals surface area contributed by atoms with Crippen LogP contribution in [-0.4, -0.2) is 25.0 Å². The molecule has 0 radical (unpaired) electrons. The number of thiol groups is 1. The van der Waals surface area contributed by atoms with Crippen molar-refractivity contribution in [3.05, 3.63) is 48.2 Å². The van der Waals surface area contributed by atoms with E-state index in [0.29, 0.717) is 10.9 Å². The van der Waals surface area contributed by atoms with Gasteiger partial charge in [0.05, 0.1) is 18.1 Å². The standard InChI is InChI=1S/C16H14FN5OS2/c1-22-8-11(7-19-22)10-4-12-13(18-6-10)3-2-9(15(12)17)5-14(23)20-21-16(24)25/h2-4,6-8H,5H2,1H3,(H,20,23)(H2,21,24,25). The van der Waals surface area contributed by atoms with Crippen LogP contribution in [0.15, 0.2) is 36.8 Å². The van der Waals surface area contributed by atoms with Gasteiger partial charge in [0.25, 0.3) is 0 Å². The van der Waals surface area contributed by atoms with Crippen LogP contribution in [-0.2, 0) is 18.3 Å². The lowest BCUT2D eigenvalue weighted by atomic mass is 10.0. The maximum absolute atomic E-state index is 14.8. The summed E-state index contributed by atoms with van der Waals surface area (Å²) < 4.78 is 16.6. The van der Waals surface area contributed by atoms with E-state index >= 15 is 0 Å². The van der Waals surface area contributed by atoms with Crippen molar-refractivity contribution in [2.24, 2.45) is 7.05 Å². The molecule has 0 aliphatic heterocycles. The molecule has 1 amide bonds. The summed E-state index contributed by atoms with van der Waals surface area (Å²) in [5.74, 6) is -0.898. The van der Waals surface area contributed by atoms with Gasteiger partial charge in [0.2, 0.25) is 5.91 Å². The first-order valence-electron chi connectivity index (χ1n) is 7.28. The van der Waals surface area contributed by atoms with E-state index in [9.17, 15) is 9.18 Å². The summed E-state index contributed by atoms with van der Waals surface area (Å²) in [4.78, 5) is 16.1. The molecule has 3 aromatic rings. The molecule has 25 heavy (non-hydrogen) atoms. The molecule has 0 aliphatic carbocycles. The van der Waals surface area contributed by atoms with Crippen LogP contribution in [0.25, 0.3) is 22.0 Å². The third kappa shape index (κ3) is 3.94.